The molecule has 0 aromatic carbocycles. The van der Waals surface area contributed by atoms with Gasteiger partial charge in [0.1, 0.15) is 0 Å². The van der Waals surface area contributed by atoms with Crippen LogP contribution in [0.3, 0.4) is 0 Å². The average Bonchev–Trinajstić information content (AvgIpc) is 2.14. The van der Waals surface area contributed by atoms with Gasteiger partial charge in [0, 0.05) is 31.8 Å². The molecule has 3 heteroatoms. The molecular weight excluding hydrogens is 150 g/mol. The van der Waals surface area contributed by atoms with Crippen LogP contribution in [0, 0.1) is 0 Å². The summed E-state index contributed by atoms with van der Waals surface area (Å²) in [5.41, 5.74) is 1.28. The second kappa shape index (κ2) is 2.85. The third-order valence-corrected chi connectivity index (χ3v) is 1.95. The summed E-state index contributed by atoms with van der Waals surface area (Å²) in [5.74, 6) is 0. The quantitative estimate of drug-likeness (QED) is 0.650. The van der Waals surface area contributed by atoms with Gasteiger partial charge in [-0.1, -0.05) is 0 Å². The fraction of sp³-hybridized carbons (Fsp3) is 0.222. The zero-order valence-electron chi connectivity index (χ0n) is 7.01. The first-order valence-electron chi connectivity index (χ1n) is 3.93. The Balaban J connectivity index is 2.13. The third-order valence-electron chi connectivity index (χ3n) is 1.95. The van der Waals surface area contributed by atoms with E-state index in [1.165, 1.54) is 5.56 Å². The fourth-order valence-corrected chi connectivity index (χ4v) is 1.13. The van der Waals surface area contributed by atoms with Crippen LogP contribution in [0.15, 0.2) is 36.9 Å². The Kier molecular flexibility index (Phi) is 1.70. The number of pyridine rings is 1. The first kappa shape index (κ1) is 7.16. The van der Waals surface area contributed by atoms with E-state index in [9.17, 15) is 0 Å². The summed E-state index contributed by atoms with van der Waals surface area (Å²) >= 11 is 0. The molecule has 3 nitrogen and oxygen atoms in total. The SMILES string of the molecule is Cn1ccn1Cc1ccncc1. The van der Waals surface area contributed by atoms with E-state index in [4.69, 9.17) is 0 Å². The largest absolute Gasteiger partial charge is 0.294 e. The minimum absolute atomic E-state index is 0.926. The van der Waals surface area contributed by atoms with Crippen LogP contribution in [0.25, 0.3) is 0 Å². The van der Waals surface area contributed by atoms with Gasteiger partial charge in [-0.15, -0.1) is 0 Å². The van der Waals surface area contributed by atoms with Crippen molar-refractivity contribution < 1.29 is 0 Å². The van der Waals surface area contributed by atoms with Crippen LogP contribution in [-0.4, -0.2) is 14.3 Å². The lowest BCUT2D eigenvalue weighted by Gasteiger charge is -2.16. The van der Waals surface area contributed by atoms with Crippen LogP contribution in [0.2, 0.25) is 0 Å². The standard InChI is InChI=1S/C9H11N3/c1-11-6-7-12(11)8-9-2-4-10-5-3-9/h2-7H,8H2,1H3. The highest BCUT2D eigenvalue weighted by Gasteiger charge is 1.96. The molecule has 0 saturated carbocycles. The molecule has 2 rings (SSSR count). The molecule has 2 heterocycles. The number of aromatic nitrogens is 3. The molecule has 0 amide bonds. The second-order valence-electron chi connectivity index (χ2n) is 2.82. The summed E-state index contributed by atoms with van der Waals surface area (Å²) in [6.07, 6.45) is 7.72. The Labute approximate surface area is 71.2 Å². The third kappa shape index (κ3) is 1.25. The normalized spacial score (nSPS) is 10.4. The smallest absolute Gasteiger partial charge is 0.0641 e. The summed E-state index contributed by atoms with van der Waals surface area (Å²) in [7, 11) is 2.03. The van der Waals surface area contributed by atoms with Crippen LogP contribution in [0.5, 0.6) is 0 Å². The van der Waals surface area contributed by atoms with Gasteiger partial charge < -0.3 is 0 Å². The predicted molar refractivity (Wildman–Crippen MR) is 46.7 cm³/mol. The molecule has 62 valence electrons. The Morgan fingerprint density at radius 1 is 1.25 bits per heavy atom. The Bertz CT molecular complexity index is 345. The molecule has 0 spiro atoms. The summed E-state index contributed by atoms with van der Waals surface area (Å²) in [6.45, 7) is 0.926. The van der Waals surface area contributed by atoms with E-state index in [0.717, 1.165) is 6.54 Å². The van der Waals surface area contributed by atoms with Gasteiger partial charge in [0.05, 0.1) is 6.54 Å². The highest BCUT2D eigenvalue weighted by Crippen LogP contribution is 2.01. The molecular formula is C9H11N3. The Morgan fingerprint density at radius 3 is 2.50 bits per heavy atom. The van der Waals surface area contributed by atoms with Gasteiger partial charge in [-0.2, -0.15) is 0 Å². The van der Waals surface area contributed by atoms with Gasteiger partial charge in [-0.05, 0) is 17.7 Å². The van der Waals surface area contributed by atoms with Crippen LogP contribution >= 0.6 is 0 Å². The van der Waals surface area contributed by atoms with Gasteiger partial charge in [-0.25, -0.2) is 0 Å². The van der Waals surface area contributed by atoms with Crippen LogP contribution < -0.4 is 0 Å². The van der Waals surface area contributed by atoms with Crippen molar-refractivity contribution in [1.29, 1.82) is 0 Å². The maximum atomic E-state index is 3.97. The predicted octanol–water partition coefficient (Wildman–Crippen LogP) is 1.27. The molecule has 0 aliphatic heterocycles. The highest BCUT2D eigenvalue weighted by molar-refractivity contribution is 5.09. The molecule has 0 unspecified atom stereocenters. The molecule has 0 saturated heterocycles. The molecule has 2 aromatic rings. The Morgan fingerprint density at radius 2 is 2.00 bits per heavy atom. The van der Waals surface area contributed by atoms with Crippen LogP contribution in [0.1, 0.15) is 5.56 Å². The summed E-state index contributed by atoms with van der Waals surface area (Å²) in [4.78, 5) is 3.97. The van der Waals surface area contributed by atoms with Gasteiger partial charge >= 0.3 is 0 Å². The first-order chi connectivity index (χ1) is 5.86. The van der Waals surface area contributed by atoms with Crippen LogP contribution in [-0.2, 0) is 13.6 Å². The van der Waals surface area contributed by atoms with E-state index < -0.39 is 0 Å². The van der Waals surface area contributed by atoms with Crippen molar-refractivity contribution in [2.24, 2.45) is 7.05 Å². The van der Waals surface area contributed by atoms with Gasteiger partial charge in [0.25, 0.3) is 0 Å². The fourth-order valence-electron chi connectivity index (χ4n) is 1.13. The lowest BCUT2D eigenvalue weighted by molar-refractivity contribution is 0.488. The number of nitrogens with zero attached hydrogens (tertiary/aromatic N) is 3. The van der Waals surface area contributed by atoms with Gasteiger partial charge in [-0.3, -0.25) is 14.3 Å². The minimum atomic E-state index is 0.926. The molecule has 12 heavy (non-hydrogen) atoms. The molecule has 0 aliphatic carbocycles. The van der Waals surface area contributed by atoms with E-state index in [2.05, 4.69) is 20.5 Å². The van der Waals surface area contributed by atoms with Crippen molar-refractivity contribution in [2.75, 3.05) is 0 Å². The minimum Gasteiger partial charge on any atom is -0.294 e. The van der Waals surface area contributed by atoms with E-state index in [1.807, 2.05) is 37.8 Å². The maximum Gasteiger partial charge on any atom is 0.0641 e. The van der Waals surface area contributed by atoms with Crippen molar-refractivity contribution in [3.05, 3.63) is 42.5 Å². The number of hydrogen-bond acceptors (Lipinski definition) is 1. The topological polar surface area (TPSA) is 22.8 Å². The van der Waals surface area contributed by atoms with Crippen molar-refractivity contribution in [3.63, 3.8) is 0 Å². The van der Waals surface area contributed by atoms with E-state index in [1.54, 1.807) is 0 Å². The molecule has 0 N–H and O–H groups in total. The summed E-state index contributed by atoms with van der Waals surface area (Å²) < 4.78 is 4.19. The van der Waals surface area contributed by atoms with E-state index in [0.29, 0.717) is 0 Å². The summed E-state index contributed by atoms with van der Waals surface area (Å²) in [5, 5.41) is 0. The molecule has 2 aromatic heterocycles. The molecule has 0 radical (unpaired) electrons. The average molecular weight is 161 g/mol. The van der Waals surface area contributed by atoms with E-state index in [-0.39, 0.29) is 0 Å². The number of hydrogen-bond donors (Lipinski definition) is 0. The zero-order chi connectivity index (χ0) is 8.39. The lowest BCUT2D eigenvalue weighted by atomic mass is 10.3. The molecule has 0 atom stereocenters. The van der Waals surface area contributed by atoms with Crippen molar-refractivity contribution in [2.45, 2.75) is 6.54 Å². The zero-order valence-corrected chi connectivity index (χ0v) is 7.01. The summed E-state index contributed by atoms with van der Waals surface area (Å²) in [6, 6.07) is 4.06. The van der Waals surface area contributed by atoms with Gasteiger partial charge in [0.2, 0.25) is 0 Å². The first-order valence-corrected chi connectivity index (χ1v) is 3.93. The van der Waals surface area contributed by atoms with Crippen LogP contribution in [0.4, 0.5) is 0 Å². The molecule has 0 aliphatic rings. The lowest BCUT2D eigenvalue weighted by Crippen LogP contribution is -2.17. The van der Waals surface area contributed by atoms with Crippen molar-refractivity contribution in [3.8, 4) is 0 Å². The monoisotopic (exact) mass is 161 g/mol. The van der Waals surface area contributed by atoms with Crippen molar-refractivity contribution in [1.82, 2.24) is 14.3 Å². The maximum absolute atomic E-state index is 3.97. The Hall–Kier alpha value is -1.51. The van der Waals surface area contributed by atoms with E-state index >= 15 is 0 Å². The number of aryl methyl sites for hydroxylation is 1. The molecule has 0 fully saturated rings. The highest BCUT2D eigenvalue weighted by atomic mass is 15.4. The number of rotatable bonds is 2. The van der Waals surface area contributed by atoms with Gasteiger partial charge in [0.15, 0.2) is 0 Å². The van der Waals surface area contributed by atoms with Crippen molar-refractivity contribution >= 4 is 0 Å². The molecule has 0 bridgehead atoms. The second-order valence-corrected chi connectivity index (χ2v) is 2.82.